The summed E-state index contributed by atoms with van der Waals surface area (Å²) in [6.45, 7) is 5.26. The van der Waals surface area contributed by atoms with Gasteiger partial charge in [-0.25, -0.2) is 4.79 Å². The summed E-state index contributed by atoms with van der Waals surface area (Å²) in [5.74, 6) is -0.275. The fraction of sp³-hybridized carbons (Fsp3) is 0.429. The van der Waals surface area contributed by atoms with Crippen LogP contribution in [-0.2, 0) is 9.53 Å². The smallest absolute Gasteiger partial charge is 0.338 e. The maximum absolute atomic E-state index is 11.8. The molecule has 0 unspecified atom stereocenters. The monoisotopic (exact) mass is 343 g/mol. The minimum atomic E-state index is -0.558. The summed E-state index contributed by atoms with van der Waals surface area (Å²) in [7, 11) is 1.54. The molecule has 1 amide bonds. The van der Waals surface area contributed by atoms with Crippen molar-refractivity contribution >= 4 is 27.8 Å². The third-order valence-corrected chi connectivity index (χ3v) is 2.86. The van der Waals surface area contributed by atoms with Crippen molar-refractivity contribution in [1.29, 1.82) is 0 Å². The number of carbonyl (C=O) groups excluding carboxylic acids is 2. The highest BCUT2D eigenvalue weighted by Gasteiger charge is 2.16. The lowest BCUT2D eigenvalue weighted by molar-refractivity contribution is -0.125. The molecule has 0 heterocycles. The van der Waals surface area contributed by atoms with Crippen molar-refractivity contribution in [1.82, 2.24) is 5.32 Å². The van der Waals surface area contributed by atoms with Gasteiger partial charge in [-0.15, -0.1) is 0 Å². The van der Waals surface area contributed by atoms with E-state index in [9.17, 15) is 9.59 Å². The fourth-order valence-corrected chi connectivity index (χ4v) is 2.00. The molecule has 0 spiro atoms. The number of benzene rings is 1. The Morgan fingerprint density at radius 3 is 2.45 bits per heavy atom. The van der Waals surface area contributed by atoms with E-state index >= 15 is 0 Å². The Morgan fingerprint density at radius 1 is 1.30 bits per heavy atom. The van der Waals surface area contributed by atoms with Crippen LogP contribution in [0.25, 0.3) is 0 Å². The Hall–Kier alpha value is -1.56. The second-order valence-electron chi connectivity index (χ2n) is 5.22. The lowest BCUT2D eigenvalue weighted by atomic mass is 10.1. The van der Waals surface area contributed by atoms with E-state index in [0.717, 1.165) is 0 Å². The number of ether oxygens (including phenoxy) is 2. The van der Waals surface area contributed by atoms with E-state index in [1.807, 2.05) is 20.8 Å². The average molecular weight is 344 g/mol. The highest BCUT2D eigenvalue weighted by molar-refractivity contribution is 9.10. The number of carbonyl (C=O) groups is 2. The van der Waals surface area contributed by atoms with Gasteiger partial charge in [0.1, 0.15) is 5.75 Å². The van der Waals surface area contributed by atoms with Gasteiger partial charge in [0.05, 0.1) is 17.1 Å². The molecule has 0 aromatic heterocycles. The van der Waals surface area contributed by atoms with Crippen molar-refractivity contribution in [2.45, 2.75) is 26.3 Å². The van der Waals surface area contributed by atoms with Crippen molar-refractivity contribution < 1.29 is 19.1 Å². The van der Waals surface area contributed by atoms with E-state index < -0.39 is 5.97 Å². The zero-order chi connectivity index (χ0) is 15.3. The van der Waals surface area contributed by atoms with Gasteiger partial charge in [-0.1, -0.05) is 0 Å². The molecule has 20 heavy (non-hydrogen) atoms. The normalized spacial score (nSPS) is 10.8. The number of esters is 1. The Kier molecular flexibility index (Phi) is 5.56. The van der Waals surface area contributed by atoms with Gasteiger partial charge < -0.3 is 14.8 Å². The maximum atomic E-state index is 11.8. The van der Waals surface area contributed by atoms with Gasteiger partial charge in [0, 0.05) is 5.54 Å². The van der Waals surface area contributed by atoms with Crippen LogP contribution in [0.2, 0.25) is 0 Å². The molecule has 0 fully saturated rings. The third kappa shape index (κ3) is 5.21. The van der Waals surface area contributed by atoms with E-state index in [1.165, 1.54) is 7.11 Å². The SMILES string of the molecule is COc1ccc(C(=O)OCC(=O)NC(C)(C)C)cc1Br. The van der Waals surface area contributed by atoms with E-state index in [4.69, 9.17) is 9.47 Å². The van der Waals surface area contributed by atoms with Crippen LogP contribution in [0.1, 0.15) is 31.1 Å². The van der Waals surface area contributed by atoms with E-state index in [-0.39, 0.29) is 18.1 Å². The van der Waals surface area contributed by atoms with Gasteiger partial charge in [-0.2, -0.15) is 0 Å². The molecule has 0 aliphatic heterocycles. The summed E-state index contributed by atoms with van der Waals surface area (Å²) in [5, 5.41) is 2.71. The fourth-order valence-electron chi connectivity index (χ4n) is 1.46. The molecule has 0 atom stereocenters. The number of halogens is 1. The second kappa shape index (κ2) is 6.74. The second-order valence-corrected chi connectivity index (χ2v) is 6.08. The predicted molar refractivity (Wildman–Crippen MR) is 78.9 cm³/mol. The molecule has 0 aliphatic rings. The van der Waals surface area contributed by atoms with Crippen LogP contribution in [-0.4, -0.2) is 31.1 Å². The molecule has 1 aromatic carbocycles. The molecular formula is C14H18BrNO4. The quantitative estimate of drug-likeness (QED) is 0.853. The van der Waals surface area contributed by atoms with Gasteiger partial charge in [0.15, 0.2) is 6.61 Å². The Morgan fingerprint density at radius 2 is 1.95 bits per heavy atom. The number of rotatable bonds is 4. The third-order valence-electron chi connectivity index (χ3n) is 2.24. The van der Waals surface area contributed by atoms with Gasteiger partial charge in [-0.3, -0.25) is 4.79 Å². The number of nitrogens with one attached hydrogen (secondary N) is 1. The number of methoxy groups -OCH3 is 1. The van der Waals surface area contributed by atoms with Crippen LogP contribution >= 0.6 is 15.9 Å². The molecule has 0 radical (unpaired) electrons. The zero-order valence-electron chi connectivity index (χ0n) is 12.0. The lowest BCUT2D eigenvalue weighted by Gasteiger charge is -2.20. The topological polar surface area (TPSA) is 64.6 Å². The van der Waals surface area contributed by atoms with Crippen molar-refractivity contribution in [2.24, 2.45) is 0 Å². The minimum Gasteiger partial charge on any atom is -0.496 e. The van der Waals surface area contributed by atoms with Gasteiger partial charge in [0.25, 0.3) is 5.91 Å². The molecule has 5 nitrogen and oxygen atoms in total. The molecule has 1 aromatic rings. The summed E-state index contributed by atoms with van der Waals surface area (Å²) < 4.78 is 10.7. The summed E-state index contributed by atoms with van der Waals surface area (Å²) >= 11 is 3.28. The Bertz CT molecular complexity index is 508. The lowest BCUT2D eigenvalue weighted by Crippen LogP contribution is -2.42. The maximum Gasteiger partial charge on any atom is 0.338 e. The van der Waals surface area contributed by atoms with Crippen molar-refractivity contribution in [3.63, 3.8) is 0 Å². The molecule has 0 aliphatic carbocycles. The van der Waals surface area contributed by atoms with Crippen molar-refractivity contribution in [3.05, 3.63) is 28.2 Å². The highest BCUT2D eigenvalue weighted by Crippen LogP contribution is 2.25. The molecular weight excluding hydrogens is 326 g/mol. The first-order valence-electron chi connectivity index (χ1n) is 6.04. The number of amides is 1. The van der Waals surface area contributed by atoms with Crippen LogP contribution in [0.4, 0.5) is 0 Å². The minimum absolute atomic E-state index is 0.306. The zero-order valence-corrected chi connectivity index (χ0v) is 13.5. The molecule has 1 rings (SSSR count). The summed E-state index contributed by atoms with van der Waals surface area (Å²) in [4.78, 5) is 23.3. The van der Waals surface area contributed by atoms with Gasteiger partial charge >= 0.3 is 5.97 Å². The molecule has 1 N–H and O–H groups in total. The number of hydrogen-bond donors (Lipinski definition) is 1. The van der Waals surface area contributed by atoms with Gasteiger partial charge in [-0.05, 0) is 54.9 Å². The predicted octanol–water partition coefficient (Wildman–Crippen LogP) is 2.53. The van der Waals surface area contributed by atoms with Crippen LogP contribution < -0.4 is 10.1 Å². The van der Waals surface area contributed by atoms with E-state index in [2.05, 4.69) is 21.2 Å². The van der Waals surface area contributed by atoms with Crippen LogP contribution in [0.3, 0.4) is 0 Å². The van der Waals surface area contributed by atoms with Crippen LogP contribution in [0.5, 0.6) is 5.75 Å². The van der Waals surface area contributed by atoms with Crippen molar-refractivity contribution in [3.8, 4) is 5.75 Å². The Labute approximate surface area is 126 Å². The molecule has 110 valence electrons. The first-order chi connectivity index (χ1) is 9.23. The molecule has 0 saturated heterocycles. The van der Waals surface area contributed by atoms with E-state index in [0.29, 0.717) is 15.8 Å². The highest BCUT2D eigenvalue weighted by atomic mass is 79.9. The first-order valence-corrected chi connectivity index (χ1v) is 6.84. The van der Waals surface area contributed by atoms with Crippen molar-refractivity contribution in [2.75, 3.05) is 13.7 Å². The average Bonchev–Trinajstić information content (AvgIpc) is 2.33. The van der Waals surface area contributed by atoms with Crippen LogP contribution in [0, 0.1) is 0 Å². The molecule has 0 bridgehead atoms. The summed E-state index contributed by atoms with van der Waals surface area (Å²) in [5.41, 5.74) is -0.00617. The summed E-state index contributed by atoms with van der Waals surface area (Å²) in [6, 6.07) is 4.81. The number of hydrogen-bond acceptors (Lipinski definition) is 4. The van der Waals surface area contributed by atoms with E-state index in [1.54, 1.807) is 18.2 Å². The Balaban J connectivity index is 2.59. The van der Waals surface area contributed by atoms with Gasteiger partial charge in [0.2, 0.25) is 0 Å². The molecule has 6 heteroatoms. The standard InChI is InChI=1S/C14H18BrNO4/c1-14(2,3)16-12(17)8-20-13(18)9-5-6-11(19-4)10(15)7-9/h5-7H,8H2,1-4H3,(H,16,17). The first kappa shape index (κ1) is 16.5. The largest absolute Gasteiger partial charge is 0.496 e. The molecule has 0 saturated carbocycles. The van der Waals surface area contributed by atoms with Crippen LogP contribution in [0.15, 0.2) is 22.7 Å². The summed E-state index contributed by atoms with van der Waals surface area (Å²) in [6.07, 6.45) is 0.